The number of fused-ring (bicyclic) bond motifs is 1. The SMILES string of the molecule is CO[C@@H]1CN(C)C(=O)c2cc(NC(=O)Nc3cc(F)ccc3F)ccc2OC[C@@H](C)N(C)C[C@@H]1C. The third-order valence-corrected chi connectivity index (χ3v) is 6.19. The van der Waals surface area contributed by atoms with E-state index < -0.39 is 17.7 Å². The van der Waals surface area contributed by atoms with Gasteiger partial charge in [-0.15, -0.1) is 0 Å². The lowest BCUT2D eigenvalue weighted by atomic mass is 10.0. The van der Waals surface area contributed by atoms with E-state index in [0.717, 1.165) is 24.7 Å². The largest absolute Gasteiger partial charge is 0.491 e. The summed E-state index contributed by atoms with van der Waals surface area (Å²) in [6.07, 6.45) is -0.171. The molecule has 0 unspecified atom stereocenters. The van der Waals surface area contributed by atoms with Gasteiger partial charge in [-0.05, 0) is 50.2 Å². The summed E-state index contributed by atoms with van der Waals surface area (Å²) in [4.78, 5) is 29.5. The molecular weight excluding hydrogens is 458 g/mol. The summed E-state index contributed by atoms with van der Waals surface area (Å²) in [5, 5.41) is 4.82. The highest BCUT2D eigenvalue weighted by atomic mass is 19.1. The van der Waals surface area contributed by atoms with E-state index in [0.29, 0.717) is 18.9 Å². The Kier molecular flexibility index (Phi) is 8.63. The van der Waals surface area contributed by atoms with Gasteiger partial charge in [0.25, 0.3) is 5.91 Å². The highest BCUT2D eigenvalue weighted by Gasteiger charge is 2.27. The van der Waals surface area contributed by atoms with Gasteiger partial charge in [0.1, 0.15) is 24.0 Å². The molecule has 190 valence electrons. The molecule has 0 bridgehead atoms. The number of amides is 3. The number of hydrogen-bond acceptors (Lipinski definition) is 5. The van der Waals surface area contributed by atoms with E-state index in [4.69, 9.17) is 9.47 Å². The van der Waals surface area contributed by atoms with Gasteiger partial charge in [0, 0.05) is 45.0 Å². The smallest absolute Gasteiger partial charge is 0.323 e. The third-order valence-electron chi connectivity index (χ3n) is 6.19. The highest BCUT2D eigenvalue weighted by Crippen LogP contribution is 2.26. The quantitative estimate of drug-likeness (QED) is 0.679. The number of nitrogens with one attached hydrogen (secondary N) is 2. The summed E-state index contributed by atoms with van der Waals surface area (Å²) >= 11 is 0. The van der Waals surface area contributed by atoms with Crippen molar-refractivity contribution in [1.29, 1.82) is 0 Å². The second-order valence-corrected chi connectivity index (χ2v) is 8.95. The lowest BCUT2D eigenvalue weighted by molar-refractivity contribution is 0.0150. The zero-order valence-corrected chi connectivity index (χ0v) is 20.6. The van der Waals surface area contributed by atoms with Crippen LogP contribution in [0.15, 0.2) is 36.4 Å². The molecular formula is C25H32F2N4O4. The van der Waals surface area contributed by atoms with Crippen LogP contribution in [0, 0.1) is 17.6 Å². The number of ether oxygens (including phenoxy) is 2. The Morgan fingerprint density at radius 1 is 1.09 bits per heavy atom. The van der Waals surface area contributed by atoms with Crippen molar-refractivity contribution < 1.29 is 27.8 Å². The topological polar surface area (TPSA) is 83.1 Å². The molecule has 0 saturated heterocycles. The van der Waals surface area contributed by atoms with Crippen LogP contribution in [0.3, 0.4) is 0 Å². The van der Waals surface area contributed by atoms with Crippen LogP contribution in [0.25, 0.3) is 0 Å². The Morgan fingerprint density at radius 3 is 2.54 bits per heavy atom. The van der Waals surface area contributed by atoms with Gasteiger partial charge in [-0.1, -0.05) is 6.92 Å². The molecule has 0 aromatic heterocycles. The summed E-state index contributed by atoms with van der Waals surface area (Å²) in [7, 11) is 5.34. The van der Waals surface area contributed by atoms with Crippen molar-refractivity contribution in [3.63, 3.8) is 0 Å². The van der Waals surface area contributed by atoms with Gasteiger partial charge >= 0.3 is 6.03 Å². The molecule has 0 fully saturated rings. The first-order valence-electron chi connectivity index (χ1n) is 11.4. The van der Waals surface area contributed by atoms with Gasteiger partial charge in [0.05, 0.1) is 17.4 Å². The Bertz CT molecular complexity index is 1070. The number of urea groups is 1. The van der Waals surface area contributed by atoms with Crippen LogP contribution in [0.2, 0.25) is 0 Å². The number of carbonyl (C=O) groups excluding carboxylic acids is 2. The molecule has 3 atom stereocenters. The second kappa shape index (κ2) is 11.5. The predicted molar refractivity (Wildman–Crippen MR) is 130 cm³/mol. The van der Waals surface area contributed by atoms with Crippen molar-refractivity contribution in [1.82, 2.24) is 9.80 Å². The van der Waals surface area contributed by atoms with E-state index in [-0.39, 0.29) is 40.9 Å². The number of methoxy groups -OCH3 is 1. The molecule has 35 heavy (non-hydrogen) atoms. The van der Waals surface area contributed by atoms with Crippen LogP contribution in [-0.2, 0) is 4.74 Å². The van der Waals surface area contributed by atoms with E-state index in [1.165, 1.54) is 6.07 Å². The summed E-state index contributed by atoms with van der Waals surface area (Å²) in [5.41, 5.74) is 0.253. The average Bonchev–Trinajstić information content (AvgIpc) is 2.82. The van der Waals surface area contributed by atoms with E-state index in [1.807, 2.05) is 14.0 Å². The fourth-order valence-electron chi connectivity index (χ4n) is 3.91. The molecule has 2 aromatic carbocycles. The van der Waals surface area contributed by atoms with Crippen LogP contribution >= 0.6 is 0 Å². The zero-order valence-electron chi connectivity index (χ0n) is 20.6. The maximum Gasteiger partial charge on any atom is 0.323 e. The van der Waals surface area contributed by atoms with Crippen LogP contribution < -0.4 is 15.4 Å². The average molecular weight is 491 g/mol. The summed E-state index contributed by atoms with van der Waals surface area (Å²) in [5.74, 6) is -1.20. The molecule has 0 radical (unpaired) electrons. The zero-order chi connectivity index (χ0) is 25.7. The molecule has 1 aliphatic heterocycles. The normalized spacial score (nSPS) is 21.9. The molecule has 1 aliphatic rings. The van der Waals surface area contributed by atoms with E-state index in [9.17, 15) is 18.4 Å². The van der Waals surface area contributed by atoms with Crippen molar-refractivity contribution >= 4 is 23.3 Å². The Morgan fingerprint density at radius 2 is 1.83 bits per heavy atom. The van der Waals surface area contributed by atoms with Crippen molar-refractivity contribution in [2.45, 2.75) is 26.0 Å². The predicted octanol–water partition coefficient (Wildman–Crippen LogP) is 4.04. The van der Waals surface area contributed by atoms with E-state index in [1.54, 1.807) is 31.2 Å². The Balaban J connectivity index is 1.86. The minimum Gasteiger partial charge on any atom is -0.491 e. The molecule has 8 nitrogen and oxygen atoms in total. The number of nitrogens with zero attached hydrogens (tertiary/aromatic N) is 2. The summed E-state index contributed by atoms with van der Waals surface area (Å²) in [6.45, 7) is 5.63. The fourth-order valence-corrected chi connectivity index (χ4v) is 3.91. The maximum absolute atomic E-state index is 13.9. The highest BCUT2D eigenvalue weighted by molar-refractivity contribution is 6.02. The Hall–Kier alpha value is -3.24. The molecule has 2 aromatic rings. The number of likely N-dealkylation sites (N-methyl/N-ethyl adjacent to an activating group) is 2. The molecule has 2 N–H and O–H groups in total. The van der Waals surface area contributed by atoms with Crippen LogP contribution in [-0.4, -0.2) is 74.8 Å². The van der Waals surface area contributed by atoms with Gasteiger partial charge in [0.15, 0.2) is 0 Å². The molecule has 3 amide bonds. The fraction of sp³-hybridized carbons (Fsp3) is 0.440. The minimum atomic E-state index is -0.784. The van der Waals surface area contributed by atoms with E-state index >= 15 is 0 Å². The van der Waals surface area contributed by atoms with Crippen LogP contribution in [0.5, 0.6) is 5.75 Å². The summed E-state index contributed by atoms with van der Waals surface area (Å²) < 4.78 is 38.9. The maximum atomic E-state index is 13.9. The van der Waals surface area contributed by atoms with Gasteiger partial charge in [0.2, 0.25) is 0 Å². The molecule has 3 rings (SSSR count). The van der Waals surface area contributed by atoms with Crippen molar-refractivity contribution in [3.05, 3.63) is 53.6 Å². The van der Waals surface area contributed by atoms with Gasteiger partial charge in [-0.3, -0.25) is 9.69 Å². The van der Waals surface area contributed by atoms with Crippen LogP contribution in [0.4, 0.5) is 25.0 Å². The molecule has 10 heteroatoms. The lowest BCUT2D eigenvalue weighted by Gasteiger charge is -2.34. The molecule has 0 aliphatic carbocycles. The lowest BCUT2D eigenvalue weighted by Crippen LogP contribution is -2.45. The number of carbonyl (C=O) groups is 2. The third kappa shape index (κ3) is 6.67. The minimum absolute atomic E-state index is 0.0832. The number of hydrogen-bond donors (Lipinski definition) is 2. The van der Waals surface area contributed by atoms with Crippen LogP contribution in [0.1, 0.15) is 24.2 Å². The standard InChI is InChI=1S/C25H32F2N4O4/c1-15-12-30(3)16(2)14-35-22-9-7-18(11-19(22)24(32)31(4)13-23(15)34-5)28-25(33)29-21-10-17(26)6-8-20(21)27/h6-11,15-16,23H,12-14H2,1-5H3,(H2,28,29,33)/t15-,16+,23+/m0/s1. The number of halogens is 2. The van der Waals surface area contributed by atoms with Gasteiger partial charge < -0.3 is 25.0 Å². The number of benzene rings is 2. The van der Waals surface area contributed by atoms with Crippen molar-refractivity contribution in [2.24, 2.45) is 5.92 Å². The summed E-state index contributed by atoms with van der Waals surface area (Å²) in [6, 6.07) is 6.74. The number of anilines is 2. The molecule has 0 spiro atoms. The Labute approximate surface area is 204 Å². The molecule has 1 heterocycles. The van der Waals surface area contributed by atoms with Crippen molar-refractivity contribution in [2.75, 3.05) is 51.5 Å². The van der Waals surface area contributed by atoms with Gasteiger partial charge in [-0.2, -0.15) is 0 Å². The molecule has 0 saturated carbocycles. The first kappa shape index (κ1) is 26.4. The van der Waals surface area contributed by atoms with Crippen molar-refractivity contribution in [3.8, 4) is 5.75 Å². The first-order valence-corrected chi connectivity index (χ1v) is 11.4. The first-order chi connectivity index (χ1) is 16.6. The monoisotopic (exact) mass is 490 g/mol. The van der Waals surface area contributed by atoms with Gasteiger partial charge in [-0.25, -0.2) is 13.6 Å². The van der Waals surface area contributed by atoms with E-state index in [2.05, 4.69) is 22.5 Å². The number of rotatable bonds is 3. The second-order valence-electron chi connectivity index (χ2n) is 8.95.